The molecule has 0 aromatic carbocycles. The second-order valence-corrected chi connectivity index (χ2v) is 7.57. The van der Waals surface area contributed by atoms with Crippen molar-refractivity contribution in [2.24, 2.45) is 10.2 Å². The Labute approximate surface area is 131 Å². The van der Waals surface area contributed by atoms with Crippen molar-refractivity contribution < 1.29 is 19.1 Å². The molecule has 2 amide bonds. The highest BCUT2D eigenvalue weighted by Crippen LogP contribution is 2.26. The molecule has 0 aliphatic heterocycles. The zero-order valence-corrected chi connectivity index (χ0v) is 12.7. The Morgan fingerprint density at radius 2 is 1.06 bits per heavy atom. The zero-order chi connectivity index (χ0) is 14.4. The number of carbonyl (C=O) groups excluding carboxylic acids is 2. The highest BCUT2D eigenvalue weighted by atomic mass is 35.6. The lowest BCUT2D eigenvalue weighted by molar-refractivity contribution is 0.148. The topological polar surface area (TPSA) is 77.3 Å². The van der Waals surface area contributed by atoms with Gasteiger partial charge < -0.3 is 9.47 Å². The van der Waals surface area contributed by atoms with E-state index in [2.05, 4.69) is 19.7 Å². The third-order valence-corrected chi connectivity index (χ3v) is 1.59. The van der Waals surface area contributed by atoms with Crippen LogP contribution >= 0.6 is 69.6 Å². The van der Waals surface area contributed by atoms with E-state index < -0.39 is 33.0 Å². The van der Waals surface area contributed by atoms with E-state index in [0.29, 0.717) is 0 Å². The average molecular weight is 381 g/mol. The number of ether oxygens (including phenoxy) is 2. The maximum Gasteiger partial charge on any atom is 0.452 e. The first-order valence-corrected chi connectivity index (χ1v) is 6.15. The minimum atomic E-state index is -1.79. The van der Waals surface area contributed by atoms with Crippen LogP contribution in [0.25, 0.3) is 0 Å². The van der Waals surface area contributed by atoms with Crippen molar-refractivity contribution >= 4 is 81.8 Å². The fraction of sp³-hybridized carbons (Fsp3) is 0.667. The second-order valence-electron chi connectivity index (χ2n) is 2.54. The van der Waals surface area contributed by atoms with E-state index in [-0.39, 0.29) is 0 Å². The molecule has 0 aromatic heterocycles. The van der Waals surface area contributed by atoms with Gasteiger partial charge in [0.15, 0.2) is 0 Å². The van der Waals surface area contributed by atoms with Gasteiger partial charge in [-0.2, -0.15) is 0 Å². The highest BCUT2D eigenvalue weighted by Gasteiger charge is 2.23. The van der Waals surface area contributed by atoms with E-state index in [1.165, 1.54) is 0 Å². The van der Waals surface area contributed by atoms with Gasteiger partial charge in [0.05, 0.1) is 0 Å². The van der Waals surface area contributed by atoms with E-state index >= 15 is 0 Å². The average Bonchev–Trinajstić information content (AvgIpc) is 2.18. The van der Waals surface area contributed by atoms with Crippen LogP contribution in [0.1, 0.15) is 0 Å². The van der Waals surface area contributed by atoms with E-state index in [9.17, 15) is 9.59 Å². The lowest BCUT2D eigenvalue weighted by Crippen LogP contribution is -2.16. The summed E-state index contributed by atoms with van der Waals surface area (Å²) < 4.78 is 5.06. The minimum Gasteiger partial charge on any atom is -0.442 e. The molecule has 6 nitrogen and oxygen atoms in total. The first-order chi connectivity index (χ1) is 7.99. The van der Waals surface area contributed by atoms with Crippen LogP contribution in [0.3, 0.4) is 0 Å². The summed E-state index contributed by atoms with van der Waals surface area (Å²) in [5.41, 5.74) is 0. The van der Waals surface area contributed by atoms with Gasteiger partial charge in [-0.3, -0.25) is 0 Å². The van der Waals surface area contributed by atoms with Crippen molar-refractivity contribution in [3.63, 3.8) is 0 Å². The highest BCUT2D eigenvalue weighted by molar-refractivity contribution is 6.68. The summed E-state index contributed by atoms with van der Waals surface area (Å²) in [6.07, 6.45) is -2.49. The normalized spacial score (nSPS) is 12.6. The quantitative estimate of drug-likeness (QED) is 0.523. The standard InChI is InChI=1S/C6H4Cl6N2O4/c7-5(8,9)1-17-3(15)13-14-4(16)18-2-6(10,11)12/h1-2H2/b14-13+. The molecule has 0 aromatic rings. The van der Waals surface area contributed by atoms with Crippen molar-refractivity contribution in [1.29, 1.82) is 0 Å². The fourth-order valence-electron chi connectivity index (χ4n) is 0.427. The number of nitrogens with zero attached hydrogens (tertiary/aromatic N) is 2. The Kier molecular flexibility index (Phi) is 7.89. The molecule has 0 bridgehead atoms. The maximum atomic E-state index is 10.9. The van der Waals surface area contributed by atoms with Crippen molar-refractivity contribution in [2.45, 2.75) is 7.59 Å². The van der Waals surface area contributed by atoms with E-state index in [0.717, 1.165) is 0 Å². The number of azo groups is 1. The Balaban J connectivity index is 4.00. The van der Waals surface area contributed by atoms with Crippen molar-refractivity contribution in [3.05, 3.63) is 0 Å². The van der Waals surface area contributed by atoms with Crippen molar-refractivity contribution in [1.82, 2.24) is 0 Å². The monoisotopic (exact) mass is 378 g/mol. The summed E-state index contributed by atoms with van der Waals surface area (Å²) in [4.78, 5) is 21.7. The summed E-state index contributed by atoms with van der Waals surface area (Å²) in [5, 5.41) is 5.62. The zero-order valence-electron chi connectivity index (χ0n) is 8.21. The molecule has 104 valence electrons. The molecule has 12 heteroatoms. The Hall–Kier alpha value is 0.280. The second kappa shape index (κ2) is 7.77. The lowest BCUT2D eigenvalue weighted by Gasteiger charge is -2.09. The van der Waals surface area contributed by atoms with Gasteiger partial charge in [0.1, 0.15) is 13.2 Å². The number of hydrogen-bond donors (Lipinski definition) is 0. The summed E-state index contributed by atoms with van der Waals surface area (Å²) in [6, 6.07) is 0. The first kappa shape index (κ1) is 18.3. The maximum absolute atomic E-state index is 10.9. The Morgan fingerprint density at radius 3 is 1.28 bits per heavy atom. The van der Waals surface area contributed by atoms with Crippen molar-refractivity contribution in [2.75, 3.05) is 13.2 Å². The summed E-state index contributed by atoms with van der Waals surface area (Å²) in [7, 11) is 0. The van der Waals surface area contributed by atoms with Crippen LogP contribution in [-0.4, -0.2) is 33.0 Å². The molecule has 0 N–H and O–H groups in total. The van der Waals surface area contributed by atoms with Crippen LogP contribution in [0, 0.1) is 0 Å². The molecular weight excluding hydrogens is 377 g/mol. The van der Waals surface area contributed by atoms with Crippen LogP contribution in [0.15, 0.2) is 10.2 Å². The van der Waals surface area contributed by atoms with Gasteiger partial charge in [-0.15, -0.1) is 0 Å². The third-order valence-electron chi connectivity index (χ3n) is 0.932. The number of rotatable bonds is 2. The lowest BCUT2D eigenvalue weighted by atomic mass is 10.8. The molecule has 0 unspecified atom stereocenters. The summed E-state index contributed by atoms with van der Waals surface area (Å²) in [5.74, 6) is 0. The van der Waals surface area contributed by atoms with Crippen LogP contribution in [0.5, 0.6) is 0 Å². The minimum absolute atomic E-state index is 0.557. The predicted molar refractivity (Wildman–Crippen MR) is 68.1 cm³/mol. The Bertz CT molecular complexity index is 304. The van der Waals surface area contributed by atoms with E-state index in [1.807, 2.05) is 0 Å². The molecule has 18 heavy (non-hydrogen) atoms. The molecule has 0 aliphatic rings. The van der Waals surface area contributed by atoms with Crippen LogP contribution < -0.4 is 0 Å². The van der Waals surface area contributed by atoms with Gasteiger partial charge in [-0.1, -0.05) is 79.8 Å². The first-order valence-electron chi connectivity index (χ1n) is 3.88. The van der Waals surface area contributed by atoms with Gasteiger partial charge in [0.2, 0.25) is 7.59 Å². The molecule has 0 aliphatic carbocycles. The van der Waals surface area contributed by atoms with Gasteiger partial charge in [0.25, 0.3) is 0 Å². The molecule has 0 atom stereocenters. The van der Waals surface area contributed by atoms with Crippen LogP contribution in [-0.2, 0) is 9.47 Å². The number of amides is 2. The number of halogens is 6. The molecule has 0 rings (SSSR count). The fourth-order valence-corrected chi connectivity index (χ4v) is 0.754. The van der Waals surface area contributed by atoms with E-state index in [4.69, 9.17) is 69.6 Å². The largest absolute Gasteiger partial charge is 0.452 e. The molecule has 0 fully saturated rings. The summed E-state index contributed by atoms with van der Waals surface area (Å²) in [6.45, 7) is -1.11. The van der Waals surface area contributed by atoms with Gasteiger partial charge in [-0.05, 0) is 0 Å². The van der Waals surface area contributed by atoms with Gasteiger partial charge in [0, 0.05) is 0 Å². The molecule has 0 spiro atoms. The van der Waals surface area contributed by atoms with Crippen LogP contribution in [0.2, 0.25) is 0 Å². The SMILES string of the molecule is O=C(/N=N/C(=O)OCC(Cl)(Cl)Cl)OCC(Cl)(Cl)Cl. The smallest absolute Gasteiger partial charge is 0.442 e. The van der Waals surface area contributed by atoms with Gasteiger partial charge >= 0.3 is 12.2 Å². The van der Waals surface area contributed by atoms with Crippen molar-refractivity contribution in [3.8, 4) is 0 Å². The number of carbonyl (C=O) groups is 2. The van der Waals surface area contributed by atoms with E-state index in [1.54, 1.807) is 0 Å². The summed E-state index contributed by atoms with van der Waals surface area (Å²) >= 11 is 31.7. The third kappa shape index (κ3) is 12.7. The molecular formula is C6H4Cl6N2O4. The molecule has 0 saturated carbocycles. The molecule has 0 radical (unpaired) electrons. The number of alkyl halides is 6. The predicted octanol–water partition coefficient (Wildman–Crippen LogP) is 4.45. The van der Waals surface area contributed by atoms with Crippen LogP contribution in [0.4, 0.5) is 9.59 Å². The molecule has 0 heterocycles. The molecule has 0 saturated heterocycles. The van der Waals surface area contributed by atoms with Gasteiger partial charge in [-0.25, -0.2) is 9.59 Å². The Morgan fingerprint density at radius 1 is 0.778 bits per heavy atom. The number of hydrogen-bond acceptors (Lipinski definition) is 4.